The van der Waals surface area contributed by atoms with Crippen LogP contribution in [0.25, 0.3) is 21.7 Å². The molecular weight excluding hydrogens is 196 g/mol. The number of nitrogens with zero attached hydrogens (tertiary/aromatic N) is 4. The highest BCUT2D eigenvalue weighted by Gasteiger charge is 2.05. The van der Waals surface area contributed by atoms with E-state index in [0.29, 0.717) is 5.69 Å². The summed E-state index contributed by atoms with van der Waals surface area (Å²) in [6.45, 7) is 0. The van der Waals surface area contributed by atoms with Crippen LogP contribution in [0, 0.1) is 0 Å². The summed E-state index contributed by atoms with van der Waals surface area (Å²) in [5.74, 6) is 0. The number of hydrogen-bond acceptors (Lipinski definition) is 3. The van der Waals surface area contributed by atoms with Crippen LogP contribution in [0.3, 0.4) is 0 Å². The average Bonchev–Trinajstić information content (AvgIpc) is 2.68. The van der Waals surface area contributed by atoms with Crippen LogP contribution < -0.4 is 0 Å². The van der Waals surface area contributed by atoms with Gasteiger partial charge in [0, 0.05) is 15.9 Å². The van der Waals surface area contributed by atoms with Gasteiger partial charge in [-0.3, -0.25) is 0 Å². The summed E-state index contributed by atoms with van der Waals surface area (Å²) in [4.78, 5) is 2.76. The summed E-state index contributed by atoms with van der Waals surface area (Å²) in [5.41, 5.74) is 10.6. The third-order valence-electron chi connectivity index (χ3n) is 1.75. The SMILES string of the molecule is [N-]=[N+]=Nc1csnc1-c1ccccc1. The predicted molar refractivity (Wildman–Crippen MR) is 56.4 cm³/mol. The second-order valence-corrected chi connectivity index (χ2v) is 3.23. The first-order valence-corrected chi connectivity index (χ1v) is 4.80. The quantitative estimate of drug-likeness (QED) is 0.415. The molecule has 2 aromatic rings. The van der Waals surface area contributed by atoms with Crippen LogP contribution in [-0.4, -0.2) is 4.37 Å². The van der Waals surface area contributed by atoms with Crippen molar-refractivity contribution >= 4 is 17.2 Å². The standard InChI is InChI=1S/C9H6N4S/c10-13-11-8-6-14-12-9(8)7-4-2-1-3-5-7/h1-6H. The minimum absolute atomic E-state index is 0.587. The summed E-state index contributed by atoms with van der Waals surface area (Å²) < 4.78 is 4.18. The second-order valence-electron chi connectivity index (χ2n) is 2.60. The van der Waals surface area contributed by atoms with Crippen LogP contribution in [0.15, 0.2) is 40.8 Å². The van der Waals surface area contributed by atoms with Crippen molar-refractivity contribution in [1.29, 1.82) is 0 Å². The van der Waals surface area contributed by atoms with Gasteiger partial charge in [-0.05, 0) is 17.1 Å². The van der Waals surface area contributed by atoms with Gasteiger partial charge in [-0.15, -0.1) is 0 Å². The van der Waals surface area contributed by atoms with E-state index in [9.17, 15) is 0 Å². The van der Waals surface area contributed by atoms with Crippen molar-refractivity contribution in [3.05, 3.63) is 46.2 Å². The van der Waals surface area contributed by atoms with E-state index >= 15 is 0 Å². The molecule has 5 heteroatoms. The normalized spacial score (nSPS) is 9.43. The molecular formula is C9H6N4S. The Hall–Kier alpha value is -1.84. The first kappa shape index (κ1) is 8.74. The maximum Gasteiger partial charge on any atom is 0.0936 e. The molecule has 0 amide bonds. The number of rotatable bonds is 2. The predicted octanol–water partition coefficient (Wildman–Crippen LogP) is 3.75. The van der Waals surface area contributed by atoms with Crippen LogP contribution in [0.1, 0.15) is 0 Å². The molecule has 0 radical (unpaired) electrons. The molecule has 0 unspecified atom stereocenters. The van der Waals surface area contributed by atoms with Crippen molar-refractivity contribution in [1.82, 2.24) is 4.37 Å². The van der Waals surface area contributed by atoms with Gasteiger partial charge < -0.3 is 0 Å². The van der Waals surface area contributed by atoms with Crippen molar-refractivity contribution in [3.63, 3.8) is 0 Å². The van der Waals surface area contributed by atoms with Gasteiger partial charge in [0.1, 0.15) is 0 Å². The summed E-state index contributed by atoms with van der Waals surface area (Å²) in [6, 6.07) is 9.66. The molecule has 14 heavy (non-hydrogen) atoms. The lowest BCUT2D eigenvalue weighted by molar-refractivity contribution is 1.45. The Morgan fingerprint density at radius 3 is 2.79 bits per heavy atom. The van der Waals surface area contributed by atoms with Crippen molar-refractivity contribution < 1.29 is 0 Å². The van der Waals surface area contributed by atoms with Crippen LogP contribution in [0.5, 0.6) is 0 Å². The third kappa shape index (κ3) is 1.59. The first-order valence-electron chi connectivity index (χ1n) is 3.96. The van der Waals surface area contributed by atoms with Gasteiger partial charge in [0.05, 0.1) is 11.4 Å². The molecule has 0 aliphatic carbocycles. The maximum absolute atomic E-state index is 8.34. The van der Waals surface area contributed by atoms with E-state index in [1.54, 1.807) is 5.38 Å². The Kier molecular flexibility index (Phi) is 2.44. The van der Waals surface area contributed by atoms with Crippen LogP contribution in [-0.2, 0) is 0 Å². The van der Waals surface area contributed by atoms with Crippen LogP contribution in [0.2, 0.25) is 0 Å². The minimum atomic E-state index is 0.587. The summed E-state index contributed by atoms with van der Waals surface area (Å²) >= 11 is 1.29. The molecule has 0 saturated carbocycles. The van der Waals surface area contributed by atoms with E-state index in [1.807, 2.05) is 30.3 Å². The molecule has 0 saturated heterocycles. The van der Waals surface area contributed by atoms with E-state index in [2.05, 4.69) is 14.4 Å². The molecule has 0 aliphatic heterocycles. The van der Waals surface area contributed by atoms with Crippen molar-refractivity contribution in [2.45, 2.75) is 0 Å². The Morgan fingerprint density at radius 2 is 2.07 bits per heavy atom. The van der Waals surface area contributed by atoms with Crippen LogP contribution >= 0.6 is 11.5 Å². The van der Waals surface area contributed by atoms with Gasteiger partial charge in [0.15, 0.2) is 0 Å². The molecule has 68 valence electrons. The lowest BCUT2D eigenvalue weighted by atomic mass is 10.1. The largest absolute Gasteiger partial charge is 0.192 e. The van der Waals surface area contributed by atoms with Crippen molar-refractivity contribution in [2.75, 3.05) is 0 Å². The second kappa shape index (κ2) is 3.91. The molecule has 1 heterocycles. The van der Waals surface area contributed by atoms with Gasteiger partial charge in [0.2, 0.25) is 0 Å². The zero-order valence-electron chi connectivity index (χ0n) is 7.16. The Morgan fingerprint density at radius 1 is 1.29 bits per heavy atom. The zero-order chi connectivity index (χ0) is 9.80. The third-order valence-corrected chi connectivity index (χ3v) is 2.37. The van der Waals surface area contributed by atoms with E-state index < -0.39 is 0 Å². The lowest BCUT2D eigenvalue weighted by Gasteiger charge is -1.95. The van der Waals surface area contributed by atoms with Gasteiger partial charge in [-0.2, -0.15) is 4.37 Å². The van der Waals surface area contributed by atoms with Gasteiger partial charge in [-0.1, -0.05) is 35.4 Å². The fourth-order valence-corrected chi connectivity index (χ4v) is 1.76. The van der Waals surface area contributed by atoms with E-state index in [4.69, 9.17) is 5.53 Å². The number of benzene rings is 1. The summed E-state index contributed by atoms with van der Waals surface area (Å²) in [5, 5.41) is 5.31. The molecule has 0 bridgehead atoms. The minimum Gasteiger partial charge on any atom is -0.192 e. The molecule has 0 spiro atoms. The van der Waals surface area contributed by atoms with Gasteiger partial charge in [-0.25, -0.2) is 0 Å². The fraction of sp³-hybridized carbons (Fsp3) is 0. The lowest BCUT2D eigenvalue weighted by Crippen LogP contribution is -1.74. The molecule has 1 aromatic heterocycles. The van der Waals surface area contributed by atoms with E-state index in [0.717, 1.165) is 11.3 Å². The Labute approximate surface area is 84.6 Å². The number of azide groups is 1. The molecule has 0 aliphatic rings. The maximum atomic E-state index is 8.34. The van der Waals surface area contributed by atoms with E-state index in [-0.39, 0.29) is 0 Å². The molecule has 0 atom stereocenters. The first-order chi connectivity index (χ1) is 6.92. The average molecular weight is 202 g/mol. The topological polar surface area (TPSA) is 61.7 Å². The van der Waals surface area contributed by atoms with Crippen LogP contribution in [0.4, 0.5) is 5.69 Å². The van der Waals surface area contributed by atoms with Gasteiger partial charge in [0.25, 0.3) is 0 Å². The van der Waals surface area contributed by atoms with E-state index in [1.165, 1.54) is 11.5 Å². The summed E-state index contributed by atoms with van der Waals surface area (Å²) in [6.07, 6.45) is 0. The molecule has 2 rings (SSSR count). The fourth-order valence-electron chi connectivity index (χ4n) is 1.15. The molecule has 0 fully saturated rings. The van der Waals surface area contributed by atoms with Gasteiger partial charge >= 0.3 is 0 Å². The smallest absolute Gasteiger partial charge is 0.0936 e. The molecule has 0 N–H and O–H groups in total. The zero-order valence-corrected chi connectivity index (χ0v) is 7.98. The van der Waals surface area contributed by atoms with Crippen molar-refractivity contribution in [2.24, 2.45) is 5.11 Å². The highest BCUT2D eigenvalue weighted by Crippen LogP contribution is 2.30. The number of hydrogen-bond donors (Lipinski definition) is 0. The Bertz CT molecular complexity index is 471. The summed E-state index contributed by atoms with van der Waals surface area (Å²) in [7, 11) is 0. The molecule has 1 aromatic carbocycles. The van der Waals surface area contributed by atoms with Crippen molar-refractivity contribution in [3.8, 4) is 11.3 Å². The monoisotopic (exact) mass is 202 g/mol. The molecule has 4 nitrogen and oxygen atoms in total. The Balaban J connectivity index is 2.52. The highest BCUT2D eigenvalue weighted by molar-refractivity contribution is 7.04. The highest BCUT2D eigenvalue weighted by atomic mass is 32.1. The number of aromatic nitrogens is 1.